The summed E-state index contributed by atoms with van der Waals surface area (Å²) in [6.07, 6.45) is 1.69. The Morgan fingerprint density at radius 3 is 2.89 bits per heavy atom. The number of hydrogen-bond donors (Lipinski definition) is 0. The molecule has 0 saturated carbocycles. The van der Waals surface area contributed by atoms with Crippen LogP contribution in [0.15, 0.2) is 28.1 Å². The van der Waals surface area contributed by atoms with E-state index in [4.69, 9.17) is 11.6 Å². The van der Waals surface area contributed by atoms with Crippen LogP contribution in [0, 0.1) is 5.82 Å². The molecule has 1 aliphatic heterocycles. The van der Waals surface area contributed by atoms with Crippen molar-refractivity contribution in [2.45, 2.75) is 11.8 Å². The van der Waals surface area contributed by atoms with Crippen LogP contribution in [-0.4, -0.2) is 19.6 Å². The molecule has 0 atom stereocenters. The standard InChI is InChI=1S/C12H11ClFNO2S/c1-3-15-6-11(12(16)17-2)18-10-5-8(14)7(13)4-9(10)15/h4-6H,3H2,1-2H3. The van der Waals surface area contributed by atoms with Crippen molar-refractivity contribution in [3.05, 3.63) is 34.1 Å². The van der Waals surface area contributed by atoms with Gasteiger partial charge in [-0.05, 0) is 19.1 Å². The van der Waals surface area contributed by atoms with Gasteiger partial charge in [-0.2, -0.15) is 0 Å². The fraction of sp³-hybridized carbons (Fsp3) is 0.250. The van der Waals surface area contributed by atoms with E-state index in [1.165, 1.54) is 24.9 Å². The topological polar surface area (TPSA) is 29.5 Å². The van der Waals surface area contributed by atoms with Crippen LogP contribution < -0.4 is 4.90 Å². The number of carbonyl (C=O) groups excluding carboxylic acids is 1. The van der Waals surface area contributed by atoms with E-state index in [2.05, 4.69) is 4.74 Å². The zero-order valence-corrected chi connectivity index (χ0v) is 11.4. The molecule has 2 rings (SSSR count). The number of hydrogen-bond acceptors (Lipinski definition) is 4. The molecular weight excluding hydrogens is 277 g/mol. The summed E-state index contributed by atoms with van der Waals surface area (Å²) >= 11 is 6.95. The lowest BCUT2D eigenvalue weighted by Crippen LogP contribution is -2.21. The molecule has 3 nitrogen and oxygen atoms in total. The van der Waals surface area contributed by atoms with Gasteiger partial charge >= 0.3 is 5.97 Å². The number of fused-ring (bicyclic) bond motifs is 1. The molecule has 0 spiro atoms. The van der Waals surface area contributed by atoms with E-state index in [-0.39, 0.29) is 5.02 Å². The second kappa shape index (κ2) is 5.20. The van der Waals surface area contributed by atoms with Crippen molar-refractivity contribution < 1.29 is 13.9 Å². The minimum Gasteiger partial charge on any atom is -0.465 e. The molecule has 0 aromatic heterocycles. The summed E-state index contributed by atoms with van der Waals surface area (Å²) in [5.74, 6) is -0.926. The lowest BCUT2D eigenvalue weighted by Gasteiger charge is -2.27. The van der Waals surface area contributed by atoms with Gasteiger partial charge in [0.2, 0.25) is 0 Å². The Bertz CT molecular complexity index is 533. The lowest BCUT2D eigenvalue weighted by molar-refractivity contribution is -0.135. The Morgan fingerprint density at radius 2 is 2.28 bits per heavy atom. The number of nitrogens with zero attached hydrogens (tertiary/aromatic N) is 1. The van der Waals surface area contributed by atoms with E-state index in [1.807, 2.05) is 11.8 Å². The highest BCUT2D eigenvalue weighted by atomic mass is 35.5. The fourth-order valence-corrected chi connectivity index (χ4v) is 2.82. The third kappa shape index (κ3) is 2.33. The molecule has 0 aliphatic carbocycles. The third-order valence-electron chi connectivity index (χ3n) is 2.53. The minimum atomic E-state index is -0.495. The van der Waals surface area contributed by atoms with E-state index in [0.29, 0.717) is 16.3 Å². The molecule has 1 heterocycles. The van der Waals surface area contributed by atoms with E-state index >= 15 is 0 Å². The number of esters is 1. The Balaban J connectivity index is 2.46. The summed E-state index contributed by atoms with van der Waals surface area (Å²) in [7, 11) is 1.32. The van der Waals surface area contributed by atoms with Gasteiger partial charge in [0, 0.05) is 17.6 Å². The summed E-state index contributed by atoms with van der Waals surface area (Å²) in [5, 5.41) is 0.0720. The number of methoxy groups -OCH3 is 1. The maximum absolute atomic E-state index is 13.4. The van der Waals surface area contributed by atoms with E-state index in [1.54, 1.807) is 12.3 Å². The van der Waals surface area contributed by atoms with Gasteiger partial charge in [0.15, 0.2) is 0 Å². The first kappa shape index (κ1) is 13.2. The quantitative estimate of drug-likeness (QED) is 0.780. The first-order chi connectivity index (χ1) is 8.56. The number of rotatable bonds is 2. The maximum atomic E-state index is 13.4. The van der Waals surface area contributed by atoms with Gasteiger partial charge in [-0.3, -0.25) is 0 Å². The van der Waals surface area contributed by atoms with Gasteiger partial charge in [-0.1, -0.05) is 23.4 Å². The number of ether oxygens (including phenoxy) is 1. The highest BCUT2D eigenvalue weighted by Crippen LogP contribution is 2.42. The second-order valence-corrected chi connectivity index (χ2v) is 5.10. The summed E-state index contributed by atoms with van der Waals surface area (Å²) < 4.78 is 18.1. The average molecular weight is 288 g/mol. The molecule has 1 aromatic carbocycles. The van der Waals surface area contributed by atoms with Gasteiger partial charge < -0.3 is 9.64 Å². The van der Waals surface area contributed by atoms with E-state index in [0.717, 1.165) is 5.69 Å². The van der Waals surface area contributed by atoms with Crippen LogP contribution in [0.5, 0.6) is 0 Å². The van der Waals surface area contributed by atoms with Crippen molar-refractivity contribution in [2.75, 3.05) is 18.6 Å². The summed E-state index contributed by atoms with van der Waals surface area (Å²) in [4.78, 5) is 14.4. The molecule has 6 heteroatoms. The van der Waals surface area contributed by atoms with Crippen LogP contribution in [0.3, 0.4) is 0 Å². The molecule has 0 N–H and O–H groups in total. The smallest absolute Gasteiger partial charge is 0.346 e. The molecular formula is C12H11ClFNO2S. The Hall–Kier alpha value is -1.20. The van der Waals surface area contributed by atoms with E-state index < -0.39 is 11.8 Å². The van der Waals surface area contributed by atoms with Crippen molar-refractivity contribution in [1.82, 2.24) is 0 Å². The first-order valence-corrected chi connectivity index (χ1v) is 6.50. The highest BCUT2D eigenvalue weighted by molar-refractivity contribution is 8.04. The molecule has 96 valence electrons. The van der Waals surface area contributed by atoms with Crippen LogP contribution in [0.1, 0.15) is 6.92 Å². The molecule has 0 saturated heterocycles. The predicted molar refractivity (Wildman–Crippen MR) is 70.4 cm³/mol. The number of thioether (sulfide) groups is 1. The van der Waals surface area contributed by atoms with Gasteiger partial charge in [-0.15, -0.1) is 0 Å². The van der Waals surface area contributed by atoms with Crippen LogP contribution in [0.2, 0.25) is 5.02 Å². The molecule has 0 bridgehead atoms. The minimum absolute atomic E-state index is 0.0720. The molecule has 18 heavy (non-hydrogen) atoms. The molecule has 0 fully saturated rings. The van der Waals surface area contributed by atoms with Crippen molar-refractivity contribution >= 4 is 35.0 Å². The first-order valence-electron chi connectivity index (χ1n) is 5.30. The number of benzene rings is 1. The predicted octanol–water partition coefficient (Wildman–Crippen LogP) is 3.43. The van der Waals surface area contributed by atoms with Gasteiger partial charge in [-0.25, -0.2) is 9.18 Å². The van der Waals surface area contributed by atoms with Crippen molar-refractivity contribution in [3.63, 3.8) is 0 Å². The largest absolute Gasteiger partial charge is 0.465 e. The average Bonchev–Trinajstić information content (AvgIpc) is 2.38. The number of anilines is 1. The SMILES string of the molecule is CCN1C=C(C(=O)OC)Sc2cc(F)c(Cl)cc21. The Labute approximate surface area is 114 Å². The Morgan fingerprint density at radius 1 is 1.56 bits per heavy atom. The normalized spacial score (nSPS) is 14.0. The molecule has 0 amide bonds. The van der Waals surface area contributed by atoms with Crippen molar-refractivity contribution in [1.29, 1.82) is 0 Å². The van der Waals surface area contributed by atoms with Gasteiger partial charge in [0.25, 0.3) is 0 Å². The molecule has 0 unspecified atom stereocenters. The summed E-state index contributed by atoms with van der Waals surface area (Å²) in [5.41, 5.74) is 0.793. The van der Waals surface area contributed by atoms with Crippen LogP contribution >= 0.6 is 23.4 Å². The fourth-order valence-electron chi connectivity index (χ4n) is 1.64. The van der Waals surface area contributed by atoms with Crippen LogP contribution in [0.4, 0.5) is 10.1 Å². The Kier molecular flexibility index (Phi) is 3.82. The van der Waals surface area contributed by atoms with Crippen molar-refractivity contribution in [2.24, 2.45) is 0 Å². The zero-order valence-electron chi connectivity index (χ0n) is 9.87. The van der Waals surface area contributed by atoms with Crippen molar-refractivity contribution in [3.8, 4) is 0 Å². The van der Waals surface area contributed by atoms with Crippen LogP contribution in [0.25, 0.3) is 0 Å². The van der Waals surface area contributed by atoms with Crippen LogP contribution in [-0.2, 0) is 9.53 Å². The number of halogens is 2. The maximum Gasteiger partial charge on any atom is 0.346 e. The monoisotopic (exact) mass is 287 g/mol. The van der Waals surface area contributed by atoms with Gasteiger partial charge in [0.05, 0.1) is 17.8 Å². The highest BCUT2D eigenvalue weighted by Gasteiger charge is 2.23. The zero-order chi connectivity index (χ0) is 13.3. The lowest BCUT2D eigenvalue weighted by atomic mass is 10.2. The van der Waals surface area contributed by atoms with E-state index in [9.17, 15) is 9.18 Å². The third-order valence-corrected chi connectivity index (χ3v) is 3.86. The summed E-state index contributed by atoms with van der Waals surface area (Å²) in [6, 6.07) is 2.90. The molecule has 1 aromatic rings. The second-order valence-electron chi connectivity index (χ2n) is 3.61. The molecule has 1 aliphatic rings. The molecule has 0 radical (unpaired) electrons. The van der Waals surface area contributed by atoms with Gasteiger partial charge in [0.1, 0.15) is 10.7 Å². The summed E-state index contributed by atoms with van der Waals surface area (Å²) in [6.45, 7) is 2.58. The number of carbonyl (C=O) groups is 1.